The maximum absolute atomic E-state index is 13.8. The molecule has 0 saturated heterocycles. The van der Waals surface area contributed by atoms with Crippen LogP contribution in [0.4, 0.5) is 22.4 Å². The predicted octanol–water partition coefficient (Wildman–Crippen LogP) is 5.33. The third-order valence-electron chi connectivity index (χ3n) is 5.74. The molecular weight excluding hydrogens is 518 g/mol. The highest BCUT2D eigenvalue weighted by Crippen LogP contribution is 2.36. The lowest BCUT2D eigenvalue weighted by Crippen LogP contribution is -2.39. The lowest BCUT2D eigenvalue weighted by Gasteiger charge is -2.21. The van der Waals surface area contributed by atoms with Crippen LogP contribution >= 0.6 is 0 Å². The van der Waals surface area contributed by atoms with Crippen LogP contribution < -0.4 is 5.32 Å². The van der Waals surface area contributed by atoms with Crippen LogP contribution in [0.3, 0.4) is 0 Å². The number of nitrogens with one attached hydrogen (secondary N) is 1. The lowest BCUT2D eigenvalue weighted by atomic mass is 10.1. The molecule has 2 aromatic heterocycles. The van der Waals surface area contributed by atoms with Crippen LogP contribution in [0, 0.1) is 5.82 Å². The molecule has 2 amide bonds. The van der Waals surface area contributed by atoms with Gasteiger partial charge in [-0.15, -0.1) is 0 Å². The third kappa shape index (κ3) is 6.89. The van der Waals surface area contributed by atoms with Gasteiger partial charge in [-0.3, -0.25) is 4.79 Å². The Bertz CT molecular complexity index is 1440. The quantitative estimate of drug-likeness (QED) is 0.288. The number of carbonyl (C=O) groups excluding carboxylic acids is 2. The Balaban J connectivity index is 1.49. The van der Waals surface area contributed by atoms with E-state index in [9.17, 15) is 27.2 Å². The van der Waals surface area contributed by atoms with Gasteiger partial charge in [0.1, 0.15) is 23.8 Å². The fourth-order valence-electron chi connectivity index (χ4n) is 3.88. The van der Waals surface area contributed by atoms with Gasteiger partial charge in [0, 0.05) is 25.2 Å². The average molecular weight is 544 g/mol. The molecule has 0 radical (unpaired) electrons. The van der Waals surface area contributed by atoms with Gasteiger partial charge in [0.2, 0.25) is 0 Å². The minimum absolute atomic E-state index is 0.0602. The van der Waals surface area contributed by atoms with E-state index in [-0.39, 0.29) is 36.6 Å². The molecule has 4 rings (SSSR count). The zero-order valence-electron chi connectivity index (χ0n) is 20.9. The molecule has 12 heteroatoms. The first-order valence-electron chi connectivity index (χ1n) is 12.1. The van der Waals surface area contributed by atoms with Crippen molar-refractivity contribution in [3.63, 3.8) is 0 Å². The van der Waals surface area contributed by atoms with Crippen molar-refractivity contribution in [2.45, 2.75) is 26.1 Å². The standard InChI is InChI=1S/C27H25F4N5O3/c1-2-13-35(14-12-32-26(38)39-17-18-6-4-3-5-7-18)25(37)22-16-36-23(33-22)15-21(27(29,30)31)24(34-36)19-8-10-20(28)11-9-19/h3-11,15-16H,2,12-14,17H2,1H3,(H,32,38). The summed E-state index contributed by atoms with van der Waals surface area (Å²) < 4.78 is 61.0. The number of hydrogen-bond acceptors (Lipinski definition) is 5. The SMILES string of the molecule is CCCN(CCNC(=O)OCc1ccccc1)C(=O)c1cn2nc(-c3ccc(F)cc3)c(C(F)(F)F)cc2n1. The Labute approximate surface area is 221 Å². The number of fused-ring (bicyclic) bond motifs is 1. The minimum atomic E-state index is -4.76. The normalized spacial score (nSPS) is 11.4. The van der Waals surface area contributed by atoms with Gasteiger partial charge in [-0.05, 0) is 42.3 Å². The van der Waals surface area contributed by atoms with E-state index in [2.05, 4.69) is 15.4 Å². The molecule has 1 N–H and O–H groups in total. The van der Waals surface area contributed by atoms with Gasteiger partial charge in [0.15, 0.2) is 5.65 Å². The summed E-state index contributed by atoms with van der Waals surface area (Å²) in [6, 6.07) is 14.4. The summed E-state index contributed by atoms with van der Waals surface area (Å²) in [7, 11) is 0. The summed E-state index contributed by atoms with van der Waals surface area (Å²) in [5.74, 6) is -1.13. The Kier molecular flexibility index (Phi) is 8.43. The van der Waals surface area contributed by atoms with E-state index in [1.807, 2.05) is 37.3 Å². The van der Waals surface area contributed by atoms with E-state index in [1.165, 1.54) is 23.2 Å². The summed E-state index contributed by atoms with van der Waals surface area (Å²) in [5.41, 5.74) is -0.871. The molecule has 2 aromatic carbocycles. The van der Waals surface area contributed by atoms with Gasteiger partial charge in [0.25, 0.3) is 5.91 Å². The predicted molar refractivity (Wildman–Crippen MR) is 134 cm³/mol. The maximum Gasteiger partial charge on any atom is 0.418 e. The number of carbonyl (C=O) groups is 2. The number of halogens is 4. The van der Waals surface area contributed by atoms with Gasteiger partial charge in [0.05, 0.1) is 11.8 Å². The van der Waals surface area contributed by atoms with Crippen LogP contribution in [-0.2, 0) is 17.5 Å². The van der Waals surface area contributed by atoms with E-state index >= 15 is 0 Å². The Hall–Kier alpha value is -4.48. The molecule has 0 aliphatic rings. The highest BCUT2D eigenvalue weighted by Gasteiger charge is 2.36. The summed E-state index contributed by atoms with van der Waals surface area (Å²) >= 11 is 0. The van der Waals surface area contributed by atoms with Gasteiger partial charge in [-0.1, -0.05) is 37.3 Å². The van der Waals surface area contributed by atoms with Gasteiger partial charge >= 0.3 is 12.3 Å². The van der Waals surface area contributed by atoms with E-state index in [4.69, 9.17) is 4.74 Å². The molecule has 0 saturated carbocycles. The molecule has 4 aromatic rings. The third-order valence-corrected chi connectivity index (χ3v) is 5.74. The first-order chi connectivity index (χ1) is 18.7. The van der Waals surface area contributed by atoms with E-state index in [0.29, 0.717) is 13.0 Å². The average Bonchev–Trinajstić information content (AvgIpc) is 3.34. The Morgan fingerprint density at radius 3 is 2.44 bits per heavy atom. The summed E-state index contributed by atoms with van der Waals surface area (Å²) in [6.45, 7) is 2.51. The number of ether oxygens (including phenoxy) is 1. The number of alkyl halides is 3. The fraction of sp³-hybridized carbons (Fsp3) is 0.259. The molecule has 8 nitrogen and oxygen atoms in total. The van der Waals surface area contributed by atoms with Gasteiger partial charge in [-0.2, -0.15) is 18.3 Å². The van der Waals surface area contributed by atoms with Crippen LogP contribution in [0.25, 0.3) is 16.9 Å². The van der Waals surface area contributed by atoms with Gasteiger partial charge in [-0.25, -0.2) is 18.7 Å². The molecule has 0 bridgehead atoms. The van der Waals surface area contributed by atoms with E-state index in [0.717, 1.165) is 28.3 Å². The number of alkyl carbamates (subject to hydrolysis) is 1. The number of benzene rings is 2. The van der Waals surface area contributed by atoms with Crippen molar-refractivity contribution in [2.24, 2.45) is 0 Å². The number of aromatic nitrogens is 3. The monoisotopic (exact) mass is 543 g/mol. The second-order valence-corrected chi connectivity index (χ2v) is 8.62. The molecule has 0 fully saturated rings. The summed E-state index contributed by atoms with van der Waals surface area (Å²) in [5, 5.41) is 6.63. The number of nitrogens with zero attached hydrogens (tertiary/aromatic N) is 4. The molecule has 0 aliphatic heterocycles. The molecule has 0 spiro atoms. The first kappa shape index (κ1) is 27.6. The number of hydrogen-bond donors (Lipinski definition) is 1. The van der Waals surface area contributed by atoms with Crippen LogP contribution in [0.15, 0.2) is 66.9 Å². The molecule has 0 atom stereocenters. The molecular formula is C27H25F4N5O3. The van der Waals surface area contributed by atoms with Crippen molar-refractivity contribution in [3.8, 4) is 11.3 Å². The zero-order valence-corrected chi connectivity index (χ0v) is 20.9. The minimum Gasteiger partial charge on any atom is -0.445 e. The smallest absolute Gasteiger partial charge is 0.418 e. The molecule has 204 valence electrons. The molecule has 0 aliphatic carbocycles. The van der Waals surface area contributed by atoms with Crippen molar-refractivity contribution in [1.29, 1.82) is 0 Å². The van der Waals surface area contributed by atoms with E-state index < -0.39 is 35.3 Å². The highest BCUT2D eigenvalue weighted by molar-refractivity contribution is 5.93. The Morgan fingerprint density at radius 2 is 1.77 bits per heavy atom. The number of rotatable bonds is 9. The first-order valence-corrected chi connectivity index (χ1v) is 12.1. The molecule has 2 heterocycles. The van der Waals surface area contributed by atoms with E-state index in [1.54, 1.807) is 0 Å². The zero-order chi connectivity index (χ0) is 28.0. The number of amides is 2. The van der Waals surface area contributed by atoms with Crippen LogP contribution in [0.5, 0.6) is 0 Å². The van der Waals surface area contributed by atoms with Crippen LogP contribution in [-0.4, -0.2) is 51.1 Å². The van der Waals surface area contributed by atoms with Crippen molar-refractivity contribution in [2.75, 3.05) is 19.6 Å². The van der Waals surface area contributed by atoms with Crippen LogP contribution in [0.1, 0.15) is 35.0 Å². The fourth-order valence-corrected chi connectivity index (χ4v) is 3.88. The highest BCUT2D eigenvalue weighted by atomic mass is 19.4. The van der Waals surface area contributed by atoms with Crippen LogP contribution in [0.2, 0.25) is 0 Å². The topological polar surface area (TPSA) is 88.8 Å². The maximum atomic E-state index is 13.8. The molecule has 39 heavy (non-hydrogen) atoms. The van der Waals surface area contributed by atoms with Crippen molar-refractivity contribution >= 4 is 17.6 Å². The summed E-state index contributed by atoms with van der Waals surface area (Å²) in [4.78, 5) is 30.7. The largest absolute Gasteiger partial charge is 0.445 e. The second kappa shape index (κ2) is 11.9. The van der Waals surface area contributed by atoms with Crippen molar-refractivity contribution in [1.82, 2.24) is 24.8 Å². The summed E-state index contributed by atoms with van der Waals surface area (Å²) in [6.07, 6.45) is -3.56. The lowest BCUT2D eigenvalue weighted by molar-refractivity contribution is -0.137. The second-order valence-electron chi connectivity index (χ2n) is 8.62. The van der Waals surface area contributed by atoms with Crippen molar-refractivity contribution in [3.05, 3.63) is 89.5 Å². The number of imidazole rings is 1. The van der Waals surface area contributed by atoms with Gasteiger partial charge < -0.3 is 15.0 Å². The van der Waals surface area contributed by atoms with Crippen molar-refractivity contribution < 1.29 is 31.9 Å². The molecule has 0 unspecified atom stereocenters. The Morgan fingerprint density at radius 1 is 1.05 bits per heavy atom.